The molecule has 0 spiro atoms. The van der Waals surface area contributed by atoms with Gasteiger partial charge in [0.25, 0.3) is 0 Å². The van der Waals surface area contributed by atoms with Gasteiger partial charge in [0, 0.05) is 17.1 Å². The molecule has 1 saturated heterocycles. The monoisotopic (exact) mass is 378 g/mol. The first-order valence-electron chi connectivity index (χ1n) is 6.49. The first-order valence-corrected chi connectivity index (χ1v) is 8.73. The van der Waals surface area contributed by atoms with Crippen LogP contribution in [0, 0.1) is 11.7 Å². The molecule has 1 fully saturated rings. The van der Waals surface area contributed by atoms with Crippen molar-refractivity contribution < 1.29 is 17.6 Å². The average Bonchev–Trinajstić information content (AvgIpc) is 2.41. The highest BCUT2D eigenvalue weighted by Gasteiger charge is 2.37. The lowest BCUT2D eigenvalue weighted by atomic mass is 9.95. The second kappa shape index (κ2) is 6.02. The molecule has 5 nitrogen and oxygen atoms in total. The Kier molecular flexibility index (Phi) is 4.69. The number of carbonyl (C=O) groups is 1. The molecular formula is C13H16BrFN2O3S. The number of nitrogens with two attached hydrogens (primary N) is 1. The number of nitrogens with zero attached hydrogens (tertiary/aromatic N) is 1. The SMILES string of the molecule is C[C@H]1CC[C@H](C(N)=O)CN1S(=O)(=O)c1cc(Br)ccc1F. The van der Waals surface area contributed by atoms with Gasteiger partial charge < -0.3 is 5.73 Å². The van der Waals surface area contributed by atoms with Gasteiger partial charge in [-0.1, -0.05) is 15.9 Å². The highest BCUT2D eigenvalue weighted by Crippen LogP contribution is 2.30. The molecule has 1 aromatic carbocycles. The molecule has 0 aromatic heterocycles. The van der Waals surface area contributed by atoms with Crippen molar-refractivity contribution in [3.63, 3.8) is 0 Å². The molecule has 2 N–H and O–H groups in total. The van der Waals surface area contributed by atoms with E-state index in [4.69, 9.17) is 5.73 Å². The predicted molar refractivity (Wildman–Crippen MR) is 79.4 cm³/mol. The predicted octanol–water partition coefficient (Wildman–Crippen LogP) is 1.86. The molecule has 116 valence electrons. The maximum absolute atomic E-state index is 13.9. The summed E-state index contributed by atoms with van der Waals surface area (Å²) in [5.74, 6) is -1.88. The van der Waals surface area contributed by atoms with Crippen LogP contribution in [-0.2, 0) is 14.8 Å². The molecule has 8 heteroatoms. The van der Waals surface area contributed by atoms with Crippen molar-refractivity contribution in [2.45, 2.75) is 30.7 Å². The van der Waals surface area contributed by atoms with E-state index >= 15 is 0 Å². The fourth-order valence-corrected chi connectivity index (χ4v) is 4.75. The normalized spacial score (nSPS) is 24.0. The summed E-state index contributed by atoms with van der Waals surface area (Å²) in [6.07, 6.45) is 1.06. The Morgan fingerprint density at radius 2 is 2.10 bits per heavy atom. The van der Waals surface area contributed by atoms with Crippen LogP contribution in [0.15, 0.2) is 27.6 Å². The maximum Gasteiger partial charge on any atom is 0.246 e. The molecule has 0 unspecified atom stereocenters. The highest BCUT2D eigenvalue weighted by molar-refractivity contribution is 9.10. The van der Waals surface area contributed by atoms with Gasteiger partial charge in [0.2, 0.25) is 15.9 Å². The Hall–Kier alpha value is -0.990. The number of benzene rings is 1. The van der Waals surface area contributed by atoms with Crippen molar-refractivity contribution in [2.24, 2.45) is 11.7 Å². The van der Waals surface area contributed by atoms with Crippen LogP contribution in [-0.4, -0.2) is 31.2 Å². The average molecular weight is 379 g/mol. The molecule has 2 atom stereocenters. The number of halogens is 2. The van der Waals surface area contributed by atoms with E-state index in [0.29, 0.717) is 17.3 Å². The summed E-state index contributed by atoms with van der Waals surface area (Å²) in [6.45, 7) is 1.73. The third-order valence-electron chi connectivity index (χ3n) is 3.71. The van der Waals surface area contributed by atoms with Gasteiger partial charge in [-0.3, -0.25) is 4.79 Å². The Labute approximate surface area is 131 Å². The minimum Gasteiger partial charge on any atom is -0.369 e. The number of primary amides is 1. The minimum atomic E-state index is -4.01. The van der Waals surface area contributed by atoms with Crippen LogP contribution in [0.3, 0.4) is 0 Å². The number of sulfonamides is 1. The third-order valence-corrected chi connectivity index (χ3v) is 6.20. The lowest BCUT2D eigenvalue weighted by Crippen LogP contribution is -2.48. The van der Waals surface area contributed by atoms with E-state index in [2.05, 4.69) is 15.9 Å². The lowest BCUT2D eigenvalue weighted by Gasteiger charge is -2.35. The molecule has 1 amide bonds. The van der Waals surface area contributed by atoms with Crippen LogP contribution >= 0.6 is 15.9 Å². The topological polar surface area (TPSA) is 80.5 Å². The Balaban J connectivity index is 2.42. The van der Waals surface area contributed by atoms with E-state index in [0.717, 1.165) is 10.4 Å². The van der Waals surface area contributed by atoms with Crippen LogP contribution in [0.5, 0.6) is 0 Å². The van der Waals surface area contributed by atoms with Gasteiger partial charge in [0.1, 0.15) is 10.7 Å². The molecule has 1 aliphatic heterocycles. The van der Waals surface area contributed by atoms with Gasteiger partial charge in [0.15, 0.2) is 0 Å². The number of hydrogen-bond acceptors (Lipinski definition) is 3. The van der Waals surface area contributed by atoms with Crippen molar-refractivity contribution in [1.29, 1.82) is 0 Å². The summed E-state index contributed by atoms with van der Waals surface area (Å²) in [6, 6.07) is 3.45. The van der Waals surface area contributed by atoms with Crippen molar-refractivity contribution in [3.05, 3.63) is 28.5 Å². The molecule has 0 radical (unpaired) electrons. The van der Waals surface area contributed by atoms with Crippen LogP contribution in [0.1, 0.15) is 19.8 Å². The number of rotatable bonds is 3. The standard InChI is InChI=1S/C13H16BrFN2O3S/c1-8-2-3-9(13(16)18)7-17(8)21(19,20)12-6-10(14)4-5-11(12)15/h4-6,8-9H,2-3,7H2,1H3,(H2,16,18)/t8-,9-/m0/s1. The smallest absolute Gasteiger partial charge is 0.246 e. The number of piperidine rings is 1. The molecule has 0 saturated carbocycles. The fourth-order valence-electron chi connectivity index (χ4n) is 2.44. The first kappa shape index (κ1) is 16.4. The van der Waals surface area contributed by atoms with Gasteiger partial charge in [0.05, 0.1) is 5.92 Å². The van der Waals surface area contributed by atoms with E-state index < -0.39 is 32.6 Å². The van der Waals surface area contributed by atoms with Crippen molar-refractivity contribution in [3.8, 4) is 0 Å². The van der Waals surface area contributed by atoms with Crippen molar-refractivity contribution >= 4 is 31.9 Å². The molecule has 2 rings (SSSR count). The van der Waals surface area contributed by atoms with Gasteiger partial charge >= 0.3 is 0 Å². The lowest BCUT2D eigenvalue weighted by molar-refractivity contribution is -0.123. The zero-order valence-electron chi connectivity index (χ0n) is 11.4. The van der Waals surface area contributed by atoms with E-state index in [9.17, 15) is 17.6 Å². The van der Waals surface area contributed by atoms with Crippen molar-refractivity contribution in [2.75, 3.05) is 6.54 Å². The summed E-state index contributed by atoms with van der Waals surface area (Å²) in [4.78, 5) is 10.9. The number of amides is 1. The molecule has 1 heterocycles. The summed E-state index contributed by atoms with van der Waals surface area (Å²) >= 11 is 3.14. The van der Waals surface area contributed by atoms with E-state index in [1.54, 1.807) is 6.92 Å². The molecular weight excluding hydrogens is 363 g/mol. The molecule has 21 heavy (non-hydrogen) atoms. The highest BCUT2D eigenvalue weighted by atomic mass is 79.9. The largest absolute Gasteiger partial charge is 0.369 e. The minimum absolute atomic E-state index is 0.00914. The second-order valence-corrected chi connectivity index (χ2v) is 7.95. The Bertz CT molecular complexity index is 665. The third kappa shape index (κ3) is 3.27. The van der Waals surface area contributed by atoms with Gasteiger partial charge in [-0.15, -0.1) is 0 Å². The quantitative estimate of drug-likeness (QED) is 0.871. The number of hydrogen-bond donors (Lipinski definition) is 1. The molecule has 1 aliphatic rings. The van der Waals surface area contributed by atoms with E-state index in [1.165, 1.54) is 12.1 Å². The second-order valence-electron chi connectivity index (χ2n) is 5.18. The molecule has 0 bridgehead atoms. The zero-order chi connectivity index (χ0) is 15.8. The Morgan fingerprint density at radius 3 is 2.71 bits per heavy atom. The van der Waals surface area contributed by atoms with Crippen LogP contribution in [0.4, 0.5) is 4.39 Å². The van der Waals surface area contributed by atoms with Gasteiger partial charge in [-0.2, -0.15) is 4.31 Å². The first-order chi connectivity index (χ1) is 9.73. The fraction of sp³-hybridized carbons (Fsp3) is 0.462. The van der Waals surface area contributed by atoms with Crippen LogP contribution in [0.25, 0.3) is 0 Å². The summed E-state index contributed by atoms with van der Waals surface area (Å²) < 4.78 is 40.8. The number of carbonyl (C=O) groups excluding carboxylic acids is 1. The zero-order valence-corrected chi connectivity index (χ0v) is 13.8. The van der Waals surface area contributed by atoms with Crippen LogP contribution < -0.4 is 5.73 Å². The van der Waals surface area contributed by atoms with Crippen LogP contribution in [0.2, 0.25) is 0 Å². The summed E-state index contributed by atoms with van der Waals surface area (Å²) in [5, 5.41) is 0. The maximum atomic E-state index is 13.9. The van der Waals surface area contributed by atoms with Crippen molar-refractivity contribution in [1.82, 2.24) is 4.31 Å². The molecule has 1 aromatic rings. The molecule has 0 aliphatic carbocycles. The Morgan fingerprint density at radius 1 is 1.43 bits per heavy atom. The van der Waals surface area contributed by atoms with E-state index in [1.807, 2.05) is 0 Å². The summed E-state index contributed by atoms with van der Waals surface area (Å²) in [7, 11) is -4.01. The van der Waals surface area contributed by atoms with E-state index in [-0.39, 0.29) is 12.6 Å². The van der Waals surface area contributed by atoms with Gasteiger partial charge in [-0.25, -0.2) is 12.8 Å². The van der Waals surface area contributed by atoms with Gasteiger partial charge in [-0.05, 0) is 38.0 Å². The summed E-state index contributed by atoms with van der Waals surface area (Å²) in [5.41, 5.74) is 5.27.